The van der Waals surface area contributed by atoms with Crippen LogP contribution in [-0.2, 0) is 19.0 Å². The summed E-state index contributed by atoms with van der Waals surface area (Å²) in [5.41, 5.74) is 0. The Kier molecular flexibility index (Phi) is 9.02. The fourth-order valence-electron chi connectivity index (χ4n) is 1.12. The van der Waals surface area contributed by atoms with Crippen LogP contribution in [0.1, 0.15) is 41.5 Å². The Morgan fingerprint density at radius 1 is 0.833 bits per heavy atom. The van der Waals surface area contributed by atoms with Crippen LogP contribution < -0.4 is 0 Å². The highest BCUT2D eigenvalue weighted by atomic mass is 16.6. The van der Waals surface area contributed by atoms with Crippen molar-refractivity contribution in [3.63, 3.8) is 0 Å². The molecule has 18 heavy (non-hydrogen) atoms. The molecule has 0 spiro atoms. The first-order valence-corrected chi connectivity index (χ1v) is 6.72. The molecule has 0 saturated carbocycles. The zero-order valence-corrected chi connectivity index (χ0v) is 12.6. The van der Waals surface area contributed by atoms with Gasteiger partial charge in [-0.05, 0) is 19.8 Å². The molecule has 0 N–H and O–H groups in total. The van der Waals surface area contributed by atoms with Gasteiger partial charge in [0.1, 0.15) is 6.61 Å². The Labute approximate surface area is 111 Å². The molecule has 108 valence electrons. The predicted molar refractivity (Wildman–Crippen MR) is 71.5 cm³/mol. The fourth-order valence-corrected chi connectivity index (χ4v) is 1.12. The predicted octanol–water partition coefficient (Wildman–Crippen LogP) is 2.65. The molecular formula is C14H28O4. The van der Waals surface area contributed by atoms with Crippen molar-refractivity contribution in [1.82, 2.24) is 0 Å². The smallest absolute Gasteiger partial charge is 0.308 e. The average Bonchev–Trinajstić information content (AvgIpc) is 2.30. The lowest BCUT2D eigenvalue weighted by molar-refractivity contribution is -0.152. The Morgan fingerprint density at radius 2 is 1.33 bits per heavy atom. The summed E-state index contributed by atoms with van der Waals surface area (Å²) in [7, 11) is 0. The summed E-state index contributed by atoms with van der Waals surface area (Å²) in [5.74, 6) is 0.247. The van der Waals surface area contributed by atoms with Gasteiger partial charge in [-0.1, -0.05) is 27.7 Å². The average molecular weight is 260 g/mol. The molecule has 0 radical (unpaired) electrons. The van der Waals surface area contributed by atoms with Gasteiger partial charge in [-0.15, -0.1) is 0 Å². The van der Waals surface area contributed by atoms with Crippen molar-refractivity contribution >= 4 is 5.97 Å². The van der Waals surface area contributed by atoms with E-state index in [4.69, 9.17) is 14.2 Å². The number of ether oxygens (including phenoxy) is 3. The van der Waals surface area contributed by atoms with Gasteiger partial charge in [0.05, 0.1) is 24.7 Å². The second-order valence-electron chi connectivity index (χ2n) is 5.47. The van der Waals surface area contributed by atoms with Crippen LogP contribution in [0.25, 0.3) is 0 Å². The molecule has 0 aromatic heterocycles. The van der Waals surface area contributed by atoms with Gasteiger partial charge in [-0.2, -0.15) is 0 Å². The first-order valence-electron chi connectivity index (χ1n) is 6.72. The van der Waals surface area contributed by atoms with E-state index < -0.39 is 0 Å². The summed E-state index contributed by atoms with van der Waals surface area (Å²) in [6, 6.07) is 0. The molecule has 0 aliphatic heterocycles. The molecule has 0 aromatic carbocycles. The highest BCUT2D eigenvalue weighted by Crippen LogP contribution is 2.02. The molecule has 0 aromatic rings. The Balaban J connectivity index is 3.63. The van der Waals surface area contributed by atoms with Crippen molar-refractivity contribution in [2.75, 3.05) is 19.8 Å². The SMILES string of the molecule is CC(C)COC(C)COC(C)COC(=O)C(C)C. The molecule has 2 unspecified atom stereocenters. The molecule has 0 bridgehead atoms. The maximum absolute atomic E-state index is 11.3. The van der Waals surface area contributed by atoms with Crippen LogP contribution in [0, 0.1) is 11.8 Å². The summed E-state index contributed by atoms with van der Waals surface area (Å²) in [6.07, 6.45) is -0.0338. The standard InChI is InChI=1S/C14H28O4/c1-10(2)7-16-12(5)8-17-13(6)9-18-14(15)11(3)4/h10-13H,7-9H2,1-6H3. The fraction of sp³-hybridized carbons (Fsp3) is 0.929. The Bertz CT molecular complexity index is 226. The molecule has 0 amide bonds. The van der Waals surface area contributed by atoms with Crippen molar-refractivity contribution in [3.05, 3.63) is 0 Å². The van der Waals surface area contributed by atoms with E-state index in [9.17, 15) is 4.79 Å². The molecule has 2 atom stereocenters. The lowest BCUT2D eigenvalue weighted by Crippen LogP contribution is -2.26. The van der Waals surface area contributed by atoms with Crippen LogP contribution in [-0.4, -0.2) is 38.0 Å². The van der Waals surface area contributed by atoms with Gasteiger partial charge < -0.3 is 14.2 Å². The van der Waals surface area contributed by atoms with E-state index in [-0.39, 0.29) is 24.1 Å². The van der Waals surface area contributed by atoms with E-state index in [1.165, 1.54) is 0 Å². The second-order valence-corrected chi connectivity index (χ2v) is 5.47. The first kappa shape index (κ1) is 17.4. The number of hydrogen-bond donors (Lipinski definition) is 0. The highest BCUT2D eigenvalue weighted by molar-refractivity contribution is 5.71. The lowest BCUT2D eigenvalue weighted by Gasteiger charge is -2.19. The van der Waals surface area contributed by atoms with E-state index in [0.29, 0.717) is 19.1 Å². The molecule has 4 heteroatoms. The van der Waals surface area contributed by atoms with Crippen molar-refractivity contribution in [2.24, 2.45) is 11.8 Å². The van der Waals surface area contributed by atoms with Crippen molar-refractivity contribution in [1.29, 1.82) is 0 Å². The maximum Gasteiger partial charge on any atom is 0.308 e. The van der Waals surface area contributed by atoms with Gasteiger partial charge in [0, 0.05) is 6.61 Å². The van der Waals surface area contributed by atoms with Crippen molar-refractivity contribution in [3.8, 4) is 0 Å². The van der Waals surface area contributed by atoms with Crippen LogP contribution >= 0.6 is 0 Å². The van der Waals surface area contributed by atoms with E-state index >= 15 is 0 Å². The largest absolute Gasteiger partial charge is 0.463 e. The molecule has 0 rings (SSSR count). The lowest BCUT2D eigenvalue weighted by atomic mass is 10.2. The van der Waals surface area contributed by atoms with Gasteiger partial charge in [0.2, 0.25) is 0 Å². The molecule has 0 heterocycles. The number of carbonyl (C=O) groups is 1. The quantitative estimate of drug-likeness (QED) is 0.598. The summed E-state index contributed by atoms with van der Waals surface area (Å²) < 4.78 is 16.2. The minimum Gasteiger partial charge on any atom is -0.463 e. The Hall–Kier alpha value is -0.610. The third kappa shape index (κ3) is 9.42. The number of rotatable bonds is 9. The normalized spacial score (nSPS) is 14.9. The van der Waals surface area contributed by atoms with Gasteiger partial charge in [0.25, 0.3) is 0 Å². The van der Waals surface area contributed by atoms with Crippen LogP contribution in [0.4, 0.5) is 0 Å². The van der Waals surface area contributed by atoms with Crippen LogP contribution in [0.2, 0.25) is 0 Å². The summed E-state index contributed by atoms with van der Waals surface area (Å²) in [6.45, 7) is 13.3. The summed E-state index contributed by atoms with van der Waals surface area (Å²) in [4.78, 5) is 11.3. The first-order chi connectivity index (χ1) is 8.32. The molecule has 0 saturated heterocycles. The maximum atomic E-state index is 11.3. The van der Waals surface area contributed by atoms with E-state index in [0.717, 1.165) is 6.61 Å². The van der Waals surface area contributed by atoms with Crippen molar-refractivity contribution < 1.29 is 19.0 Å². The van der Waals surface area contributed by atoms with E-state index in [2.05, 4.69) is 13.8 Å². The molecule has 0 aliphatic carbocycles. The molecule has 0 aliphatic rings. The minimum absolute atomic E-state index is 0.0654. The van der Waals surface area contributed by atoms with Gasteiger partial charge >= 0.3 is 5.97 Å². The molecular weight excluding hydrogens is 232 g/mol. The van der Waals surface area contributed by atoms with Crippen LogP contribution in [0.15, 0.2) is 0 Å². The van der Waals surface area contributed by atoms with Crippen LogP contribution in [0.3, 0.4) is 0 Å². The third-order valence-corrected chi connectivity index (χ3v) is 2.26. The third-order valence-electron chi connectivity index (χ3n) is 2.26. The monoisotopic (exact) mass is 260 g/mol. The van der Waals surface area contributed by atoms with Gasteiger partial charge in [-0.3, -0.25) is 4.79 Å². The highest BCUT2D eigenvalue weighted by Gasteiger charge is 2.12. The van der Waals surface area contributed by atoms with E-state index in [1.807, 2.05) is 27.7 Å². The minimum atomic E-state index is -0.186. The summed E-state index contributed by atoms with van der Waals surface area (Å²) in [5, 5.41) is 0. The molecule has 0 fully saturated rings. The second kappa shape index (κ2) is 9.34. The number of carbonyl (C=O) groups excluding carboxylic acids is 1. The Morgan fingerprint density at radius 3 is 1.83 bits per heavy atom. The zero-order chi connectivity index (χ0) is 14.1. The number of hydrogen-bond acceptors (Lipinski definition) is 4. The number of esters is 1. The zero-order valence-electron chi connectivity index (χ0n) is 12.6. The van der Waals surface area contributed by atoms with Gasteiger partial charge in [0.15, 0.2) is 0 Å². The summed E-state index contributed by atoms with van der Waals surface area (Å²) >= 11 is 0. The van der Waals surface area contributed by atoms with Gasteiger partial charge in [-0.25, -0.2) is 0 Å². The molecule has 4 nitrogen and oxygen atoms in total. The van der Waals surface area contributed by atoms with Crippen molar-refractivity contribution in [2.45, 2.75) is 53.8 Å². The van der Waals surface area contributed by atoms with Crippen LogP contribution in [0.5, 0.6) is 0 Å². The van der Waals surface area contributed by atoms with E-state index in [1.54, 1.807) is 0 Å². The topological polar surface area (TPSA) is 44.8 Å².